The van der Waals surface area contributed by atoms with Crippen molar-refractivity contribution in [3.63, 3.8) is 0 Å². The molecule has 3 rings (SSSR count). The molecule has 2 aromatic heterocycles. The molecule has 1 aliphatic heterocycles. The summed E-state index contributed by atoms with van der Waals surface area (Å²) in [5, 5.41) is 3.06. The van der Waals surface area contributed by atoms with Crippen molar-refractivity contribution in [1.82, 2.24) is 14.9 Å². The van der Waals surface area contributed by atoms with E-state index in [0.717, 1.165) is 36.5 Å². The van der Waals surface area contributed by atoms with Gasteiger partial charge in [-0.15, -0.1) is 11.3 Å². The quantitative estimate of drug-likeness (QED) is 0.872. The Kier molecular flexibility index (Phi) is 4.38. The lowest BCUT2D eigenvalue weighted by atomic mass is 10.0. The van der Waals surface area contributed by atoms with E-state index in [1.54, 1.807) is 29.7 Å². The summed E-state index contributed by atoms with van der Waals surface area (Å²) in [5.41, 5.74) is 1.53. The van der Waals surface area contributed by atoms with Crippen LogP contribution in [-0.2, 0) is 0 Å². The van der Waals surface area contributed by atoms with Crippen LogP contribution in [0.15, 0.2) is 23.7 Å². The zero-order valence-electron chi connectivity index (χ0n) is 12.8. The van der Waals surface area contributed by atoms with E-state index in [9.17, 15) is 4.79 Å². The van der Waals surface area contributed by atoms with Crippen LogP contribution in [0.3, 0.4) is 0 Å². The van der Waals surface area contributed by atoms with Gasteiger partial charge < -0.3 is 9.64 Å². The maximum atomic E-state index is 13.0. The zero-order chi connectivity index (χ0) is 15.5. The summed E-state index contributed by atoms with van der Waals surface area (Å²) < 4.78 is 5.23. The van der Waals surface area contributed by atoms with E-state index in [-0.39, 0.29) is 11.9 Å². The summed E-state index contributed by atoms with van der Waals surface area (Å²) in [5.74, 6) is 0.356. The first-order valence-electron chi connectivity index (χ1n) is 7.42. The van der Waals surface area contributed by atoms with Crippen molar-refractivity contribution in [3.8, 4) is 5.88 Å². The minimum Gasteiger partial charge on any atom is -0.480 e. The second kappa shape index (κ2) is 6.44. The van der Waals surface area contributed by atoms with Gasteiger partial charge in [-0.1, -0.05) is 0 Å². The molecule has 0 saturated carbocycles. The first-order valence-corrected chi connectivity index (χ1v) is 8.30. The third kappa shape index (κ3) is 2.83. The first-order chi connectivity index (χ1) is 10.7. The van der Waals surface area contributed by atoms with E-state index in [2.05, 4.69) is 9.97 Å². The number of aryl methyl sites for hydroxylation is 1. The van der Waals surface area contributed by atoms with Crippen molar-refractivity contribution in [2.75, 3.05) is 13.7 Å². The molecule has 1 fully saturated rings. The van der Waals surface area contributed by atoms with Gasteiger partial charge in [0, 0.05) is 23.8 Å². The van der Waals surface area contributed by atoms with Crippen molar-refractivity contribution in [1.29, 1.82) is 0 Å². The van der Waals surface area contributed by atoms with Crippen LogP contribution in [-0.4, -0.2) is 34.4 Å². The van der Waals surface area contributed by atoms with Crippen LogP contribution in [0.2, 0.25) is 0 Å². The van der Waals surface area contributed by atoms with E-state index in [1.165, 1.54) is 7.11 Å². The molecule has 1 aliphatic rings. The Hall–Kier alpha value is -1.95. The molecule has 3 heterocycles. The molecule has 22 heavy (non-hydrogen) atoms. The first kappa shape index (κ1) is 15.0. The lowest BCUT2D eigenvalue weighted by molar-refractivity contribution is 0.0607. The van der Waals surface area contributed by atoms with Crippen LogP contribution in [0.4, 0.5) is 0 Å². The third-order valence-electron chi connectivity index (χ3n) is 3.88. The standard InChI is InChI=1S/C16H19N3O2S/c1-11-10-22-15(18-11)13-7-3-4-9-19(13)16(20)12-6-5-8-17-14(12)21-2/h5-6,8,10,13H,3-4,7,9H2,1-2H3/t13-/m0/s1. The number of thiazole rings is 1. The van der Waals surface area contributed by atoms with Gasteiger partial charge >= 0.3 is 0 Å². The SMILES string of the molecule is COc1ncccc1C(=O)N1CCCC[C@H]1c1nc(C)cs1. The number of carbonyl (C=O) groups excluding carboxylic acids is 1. The summed E-state index contributed by atoms with van der Waals surface area (Å²) in [6.45, 7) is 2.74. The van der Waals surface area contributed by atoms with E-state index < -0.39 is 0 Å². The zero-order valence-corrected chi connectivity index (χ0v) is 13.6. The number of piperidine rings is 1. The van der Waals surface area contributed by atoms with E-state index >= 15 is 0 Å². The van der Waals surface area contributed by atoms with Gasteiger partial charge in [-0.3, -0.25) is 4.79 Å². The van der Waals surface area contributed by atoms with Gasteiger partial charge in [0.25, 0.3) is 5.91 Å². The Morgan fingerprint density at radius 1 is 1.45 bits per heavy atom. The Balaban J connectivity index is 1.91. The molecule has 0 unspecified atom stereocenters. The van der Waals surface area contributed by atoms with Gasteiger partial charge in [0.15, 0.2) is 0 Å². The molecule has 0 aromatic carbocycles. The van der Waals surface area contributed by atoms with Gasteiger partial charge in [-0.05, 0) is 38.3 Å². The molecule has 0 aliphatic carbocycles. The highest BCUT2D eigenvalue weighted by Crippen LogP contribution is 2.34. The minimum atomic E-state index is -0.0255. The number of nitrogens with zero attached hydrogens (tertiary/aromatic N) is 3. The van der Waals surface area contributed by atoms with E-state index in [1.807, 2.05) is 17.2 Å². The third-order valence-corrected chi connectivity index (χ3v) is 4.94. The van der Waals surface area contributed by atoms with Crippen LogP contribution >= 0.6 is 11.3 Å². The smallest absolute Gasteiger partial charge is 0.259 e. The Bertz CT molecular complexity index is 671. The molecule has 6 heteroatoms. The minimum absolute atomic E-state index is 0.0255. The monoisotopic (exact) mass is 317 g/mol. The van der Waals surface area contributed by atoms with Gasteiger partial charge in [-0.25, -0.2) is 9.97 Å². The van der Waals surface area contributed by atoms with Crippen LogP contribution < -0.4 is 4.74 Å². The highest BCUT2D eigenvalue weighted by molar-refractivity contribution is 7.09. The maximum absolute atomic E-state index is 13.0. The fourth-order valence-electron chi connectivity index (χ4n) is 2.83. The summed E-state index contributed by atoms with van der Waals surface area (Å²) in [7, 11) is 1.54. The van der Waals surface area contributed by atoms with E-state index in [0.29, 0.717) is 11.4 Å². The van der Waals surface area contributed by atoms with Crippen LogP contribution in [0, 0.1) is 6.92 Å². The molecular weight excluding hydrogens is 298 g/mol. The summed E-state index contributed by atoms with van der Waals surface area (Å²) in [6, 6.07) is 3.60. The maximum Gasteiger partial charge on any atom is 0.259 e. The van der Waals surface area contributed by atoms with Crippen molar-refractivity contribution < 1.29 is 9.53 Å². The number of ether oxygens (including phenoxy) is 1. The topological polar surface area (TPSA) is 55.3 Å². The predicted octanol–water partition coefficient (Wildman–Crippen LogP) is 3.22. The van der Waals surface area contributed by atoms with Crippen LogP contribution in [0.25, 0.3) is 0 Å². The highest BCUT2D eigenvalue weighted by Gasteiger charge is 2.32. The Morgan fingerprint density at radius 2 is 2.32 bits per heavy atom. The average molecular weight is 317 g/mol. The molecular formula is C16H19N3O2S. The molecule has 1 saturated heterocycles. The molecule has 0 spiro atoms. The lowest BCUT2D eigenvalue weighted by Gasteiger charge is -2.34. The number of rotatable bonds is 3. The van der Waals surface area contributed by atoms with Crippen molar-refractivity contribution in [3.05, 3.63) is 40.0 Å². The van der Waals surface area contributed by atoms with Crippen molar-refractivity contribution in [2.45, 2.75) is 32.2 Å². The highest BCUT2D eigenvalue weighted by atomic mass is 32.1. The summed E-state index contributed by atoms with van der Waals surface area (Å²) in [6.07, 6.45) is 4.74. The molecule has 1 atom stereocenters. The van der Waals surface area contributed by atoms with E-state index in [4.69, 9.17) is 4.74 Å². The fraction of sp³-hybridized carbons (Fsp3) is 0.438. The number of carbonyl (C=O) groups is 1. The number of hydrogen-bond donors (Lipinski definition) is 0. The predicted molar refractivity (Wildman–Crippen MR) is 85.3 cm³/mol. The number of hydrogen-bond acceptors (Lipinski definition) is 5. The van der Waals surface area contributed by atoms with Crippen molar-refractivity contribution in [2.24, 2.45) is 0 Å². The van der Waals surface area contributed by atoms with Crippen LogP contribution in [0.5, 0.6) is 5.88 Å². The second-order valence-electron chi connectivity index (χ2n) is 5.40. The molecule has 5 nitrogen and oxygen atoms in total. The Labute approximate surface area is 134 Å². The fourth-order valence-corrected chi connectivity index (χ4v) is 3.77. The number of pyridine rings is 1. The molecule has 0 radical (unpaired) electrons. The number of likely N-dealkylation sites (tertiary alicyclic amines) is 1. The Morgan fingerprint density at radius 3 is 3.05 bits per heavy atom. The number of aromatic nitrogens is 2. The van der Waals surface area contributed by atoms with Gasteiger partial charge in [-0.2, -0.15) is 0 Å². The molecule has 0 bridgehead atoms. The lowest BCUT2D eigenvalue weighted by Crippen LogP contribution is -2.38. The van der Waals surface area contributed by atoms with Gasteiger partial charge in [0.1, 0.15) is 10.6 Å². The van der Waals surface area contributed by atoms with Crippen LogP contribution in [0.1, 0.15) is 46.4 Å². The number of amides is 1. The second-order valence-corrected chi connectivity index (χ2v) is 6.29. The molecule has 1 amide bonds. The summed E-state index contributed by atoms with van der Waals surface area (Å²) in [4.78, 5) is 23.6. The van der Waals surface area contributed by atoms with Crippen molar-refractivity contribution >= 4 is 17.2 Å². The average Bonchev–Trinajstić information content (AvgIpc) is 3.00. The largest absolute Gasteiger partial charge is 0.480 e. The normalized spacial score (nSPS) is 18.3. The number of methoxy groups -OCH3 is 1. The summed E-state index contributed by atoms with van der Waals surface area (Å²) >= 11 is 1.63. The molecule has 2 aromatic rings. The molecule has 0 N–H and O–H groups in total. The van der Waals surface area contributed by atoms with Gasteiger partial charge in [0.2, 0.25) is 5.88 Å². The van der Waals surface area contributed by atoms with Gasteiger partial charge in [0.05, 0.1) is 13.2 Å². The molecule has 116 valence electrons.